The third-order valence-corrected chi connectivity index (χ3v) is 7.60. The number of aromatic nitrogens is 1. The number of sulfone groups is 2. The van der Waals surface area contributed by atoms with Gasteiger partial charge in [-0.3, -0.25) is 0 Å². The molecule has 0 saturated heterocycles. The topological polar surface area (TPSA) is 81.2 Å². The molecule has 3 rings (SSSR count). The van der Waals surface area contributed by atoms with Gasteiger partial charge in [0.05, 0.1) is 10.6 Å². The van der Waals surface area contributed by atoms with Gasteiger partial charge in [-0.2, -0.15) is 0 Å². The van der Waals surface area contributed by atoms with Crippen LogP contribution in [0.5, 0.6) is 0 Å². The number of fused-ring (bicyclic) bond motifs is 1. The lowest BCUT2D eigenvalue weighted by Crippen LogP contribution is -2.17. The lowest BCUT2D eigenvalue weighted by Gasteiger charge is -2.13. The Morgan fingerprint density at radius 2 is 1.90 bits per heavy atom. The average Bonchev–Trinajstić information content (AvgIpc) is 2.74. The fourth-order valence-corrected chi connectivity index (χ4v) is 7.00. The van der Waals surface area contributed by atoms with Crippen molar-refractivity contribution in [2.24, 2.45) is 0 Å². The number of aryl methyl sites for hydroxylation is 1. The quantitative estimate of drug-likeness (QED) is 0.840. The van der Waals surface area contributed by atoms with Crippen molar-refractivity contribution in [3.63, 3.8) is 0 Å². The zero-order valence-electron chi connectivity index (χ0n) is 11.2. The van der Waals surface area contributed by atoms with Crippen molar-refractivity contribution in [2.75, 3.05) is 5.75 Å². The van der Waals surface area contributed by atoms with E-state index in [1.165, 1.54) is 18.3 Å². The van der Waals surface area contributed by atoms with Crippen LogP contribution in [0.2, 0.25) is 0 Å². The maximum atomic E-state index is 12.7. The Hall–Kier alpha value is -1.73. The van der Waals surface area contributed by atoms with Crippen molar-refractivity contribution in [2.45, 2.75) is 22.1 Å². The maximum absolute atomic E-state index is 12.7. The van der Waals surface area contributed by atoms with E-state index in [2.05, 4.69) is 4.98 Å². The largest absolute Gasteiger partial charge is 0.245 e. The Morgan fingerprint density at radius 3 is 2.57 bits per heavy atom. The summed E-state index contributed by atoms with van der Waals surface area (Å²) in [5, 5.41) is -1.19. The van der Waals surface area contributed by atoms with Crippen LogP contribution in [0.4, 0.5) is 0 Å². The first kappa shape index (κ1) is 14.2. The minimum Gasteiger partial charge on any atom is -0.245 e. The molecule has 1 aliphatic heterocycles. The summed E-state index contributed by atoms with van der Waals surface area (Å²) >= 11 is 0. The molecule has 0 bridgehead atoms. The van der Waals surface area contributed by atoms with E-state index in [-0.39, 0.29) is 9.92 Å². The summed E-state index contributed by atoms with van der Waals surface area (Å²) in [6.07, 6.45) is 1.38. The van der Waals surface area contributed by atoms with Crippen molar-refractivity contribution in [1.29, 1.82) is 0 Å². The number of pyridine rings is 1. The summed E-state index contributed by atoms with van der Waals surface area (Å²) in [7, 11) is -7.41. The minimum absolute atomic E-state index is 0.0960. The van der Waals surface area contributed by atoms with Gasteiger partial charge in [-0.05, 0) is 36.2 Å². The van der Waals surface area contributed by atoms with Gasteiger partial charge in [0.2, 0.25) is 9.84 Å². The highest BCUT2D eigenvalue weighted by molar-refractivity contribution is 7.96. The Balaban J connectivity index is 2.24. The van der Waals surface area contributed by atoms with Crippen LogP contribution < -0.4 is 0 Å². The predicted molar refractivity (Wildman–Crippen MR) is 77.4 cm³/mol. The van der Waals surface area contributed by atoms with Crippen molar-refractivity contribution < 1.29 is 16.8 Å². The molecule has 7 heteroatoms. The molecular formula is C14H13NO4S2. The smallest absolute Gasteiger partial charge is 0.203 e. The van der Waals surface area contributed by atoms with E-state index in [9.17, 15) is 16.8 Å². The molecule has 5 nitrogen and oxygen atoms in total. The maximum Gasteiger partial charge on any atom is 0.203 e. The molecular weight excluding hydrogens is 310 g/mol. The molecule has 0 spiro atoms. The molecule has 0 fully saturated rings. The fraction of sp³-hybridized carbons (Fsp3) is 0.214. The van der Waals surface area contributed by atoms with E-state index in [0.717, 1.165) is 0 Å². The van der Waals surface area contributed by atoms with Gasteiger partial charge < -0.3 is 0 Å². The molecule has 1 atom stereocenters. The normalized spacial score (nSPS) is 20.1. The zero-order chi connectivity index (χ0) is 15.3. The van der Waals surface area contributed by atoms with Crippen LogP contribution in [0.25, 0.3) is 0 Å². The fourth-order valence-electron chi connectivity index (χ4n) is 2.62. The molecule has 0 aliphatic carbocycles. The molecule has 21 heavy (non-hydrogen) atoms. The van der Waals surface area contributed by atoms with Crippen LogP contribution in [-0.2, 0) is 19.7 Å². The first-order valence-corrected chi connectivity index (χ1v) is 9.51. The monoisotopic (exact) mass is 323 g/mol. The third-order valence-electron chi connectivity index (χ3n) is 3.62. The van der Waals surface area contributed by atoms with E-state index in [1.807, 2.05) is 0 Å². The highest BCUT2D eigenvalue weighted by atomic mass is 32.2. The summed E-state index contributed by atoms with van der Waals surface area (Å²) in [6, 6.07) is 9.39. The van der Waals surface area contributed by atoms with E-state index >= 15 is 0 Å². The van der Waals surface area contributed by atoms with Crippen LogP contribution in [0.1, 0.15) is 16.4 Å². The van der Waals surface area contributed by atoms with Crippen LogP contribution in [-0.4, -0.2) is 27.6 Å². The van der Waals surface area contributed by atoms with Gasteiger partial charge in [0.15, 0.2) is 14.9 Å². The average molecular weight is 323 g/mol. The molecule has 1 aliphatic rings. The number of hydrogen-bond acceptors (Lipinski definition) is 5. The summed E-state index contributed by atoms with van der Waals surface area (Å²) in [4.78, 5) is 3.98. The summed E-state index contributed by atoms with van der Waals surface area (Å²) in [5.41, 5.74) is 1.04. The van der Waals surface area contributed by atoms with E-state index in [4.69, 9.17) is 0 Å². The van der Waals surface area contributed by atoms with Crippen molar-refractivity contribution >= 4 is 19.7 Å². The van der Waals surface area contributed by atoms with Gasteiger partial charge in [0.25, 0.3) is 0 Å². The lowest BCUT2D eigenvalue weighted by molar-refractivity contribution is 0.579. The lowest BCUT2D eigenvalue weighted by atomic mass is 10.1. The van der Waals surface area contributed by atoms with Gasteiger partial charge in [-0.25, -0.2) is 21.8 Å². The summed E-state index contributed by atoms with van der Waals surface area (Å²) in [6.45, 7) is 1.72. The summed E-state index contributed by atoms with van der Waals surface area (Å²) in [5.74, 6) is -0.425. The first-order valence-electron chi connectivity index (χ1n) is 6.31. The molecule has 2 aromatic rings. The van der Waals surface area contributed by atoms with E-state index in [0.29, 0.717) is 11.1 Å². The van der Waals surface area contributed by atoms with Crippen LogP contribution >= 0.6 is 0 Å². The number of hydrogen-bond donors (Lipinski definition) is 0. The van der Waals surface area contributed by atoms with Crippen molar-refractivity contribution in [1.82, 2.24) is 4.98 Å². The minimum atomic E-state index is -3.84. The Labute approximate surface area is 123 Å². The Kier molecular flexibility index (Phi) is 3.14. The molecule has 0 amide bonds. The molecule has 0 N–H and O–H groups in total. The van der Waals surface area contributed by atoms with Crippen LogP contribution in [0, 0.1) is 6.92 Å². The molecule has 110 valence electrons. The standard InChI is InChI=1S/C14H13NO4S2/c1-10-5-4-6-11-14(10)12(9-20(11,16)17)21(18,19)13-7-2-3-8-15-13/h2-8,12H,9H2,1H3. The highest BCUT2D eigenvalue weighted by Crippen LogP contribution is 2.42. The number of benzene rings is 1. The van der Waals surface area contributed by atoms with Gasteiger partial charge in [0, 0.05) is 6.20 Å². The Bertz CT molecular complexity index is 903. The second-order valence-electron chi connectivity index (χ2n) is 4.97. The van der Waals surface area contributed by atoms with Crippen LogP contribution in [0.15, 0.2) is 52.5 Å². The SMILES string of the molecule is Cc1cccc2c1C(S(=O)(=O)c1ccccn1)CS2(=O)=O. The number of nitrogens with zero attached hydrogens (tertiary/aromatic N) is 1. The van der Waals surface area contributed by atoms with E-state index in [1.54, 1.807) is 31.2 Å². The second-order valence-corrected chi connectivity index (χ2v) is 9.05. The van der Waals surface area contributed by atoms with Crippen molar-refractivity contribution in [3.05, 3.63) is 53.7 Å². The molecule has 0 saturated carbocycles. The molecule has 2 heterocycles. The highest BCUT2D eigenvalue weighted by Gasteiger charge is 2.44. The molecule has 1 aromatic carbocycles. The van der Waals surface area contributed by atoms with Gasteiger partial charge in [-0.15, -0.1) is 0 Å². The molecule has 1 aromatic heterocycles. The van der Waals surface area contributed by atoms with Gasteiger partial charge >= 0.3 is 0 Å². The molecule has 1 unspecified atom stereocenters. The number of rotatable bonds is 2. The van der Waals surface area contributed by atoms with Gasteiger partial charge in [0.1, 0.15) is 5.25 Å². The molecule has 0 radical (unpaired) electrons. The summed E-state index contributed by atoms with van der Waals surface area (Å²) < 4.78 is 49.8. The first-order chi connectivity index (χ1) is 9.84. The Morgan fingerprint density at radius 1 is 1.14 bits per heavy atom. The zero-order valence-corrected chi connectivity index (χ0v) is 12.9. The predicted octanol–water partition coefficient (Wildman–Crippen LogP) is 1.69. The second kappa shape index (κ2) is 4.64. The third kappa shape index (κ3) is 2.16. The van der Waals surface area contributed by atoms with Crippen LogP contribution in [0.3, 0.4) is 0 Å². The van der Waals surface area contributed by atoms with Crippen molar-refractivity contribution in [3.8, 4) is 0 Å². The van der Waals surface area contributed by atoms with Gasteiger partial charge in [-0.1, -0.05) is 18.2 Å². The van der Waals surface area contributed by atoms with E-state index < -0.39 is 30.7 Å².